The molecule has 1 aromatic heterocycles. The predicted octanol–water partition coefficient (Wildman–Crippen LogP) is 3.67. The highest BCUT2D eigenvalue weighted by atomic mass is 19.1. The summed E-state index contributed by atoms with van der Waals surface area (Å²) >= 11 is 0. The Balaban J connectivity index is 1.05. The fourth-order valence-corrected chi connectivity index (χ4v) is 5.10. The van der Waals surface area contributed by atoms with Crippen LogP contribution in [0.1, 0.15) is 5.56 Å². The molecular weight excluding hydrogens is 499 g/mol. The van der Waals surface area contributed by atoms with Gasteiger partial charge < -0.3 is 29.7 Å². The zero-order valence-electron chi connectivity index (χ0n) is 21.5. The lowest BCUT2D eigenvalue weighted by atomic mass is 10.1. The van der Waals surface area contributed by atoms with Gasteiger partial charge >= 0.3 is 0 Å². The molecule has 10 heteroatoms. The first-order valence-corrected chi connectivity index (χ1v) is 13.1. The molecule has 2 unspecified atom stereocenters. The third-order valence-electron chi connectivity index (χ3n) is 7.16. The zero-order valence-corrected chi connectivity index (χ0v) is 21.5. The molecule has 0 spiro atoms. The fourth-order valence-electron chi connectivity index (χ4n) is 5.10. The topological polar surface area (TPSA) is 90.9 Å². The van der Waals surface area contributed by atoms with Crippen molar-refractivity contribution in [2.45, 2.75) is 18.4 Å². The van der Waals surface area contributed by atoms with Gasteiger partial charge in [0.25, 0.3) is 0 Å². The summed E-state index contributed by atoms with van der Waals surface area (Å²) in [5, 5.41) is 4.15. The highest BCUT2D eigenvalue weighted by molar-refractivity contribution is 5.55. The van der Waals surface area contributed by atoms with Crippen LogP contribution in [0.3, 0.4) is 0 Å². The van der Waals surface area contributed by atoms with Gasteiger partial charge in [0.2, 0.25) is 5.79 Å². The summed E-state index contributed by atoms with van der Waals surface area (Å²) in [6.07, 6.45) is 2.60. The van der Waals surface area contributed by atoms with Crippen molar-refractivity contribution in [2.24, 2.45) is 0 Å². The molecule has 0 bridgehead atoms. The number of benzene rings is 3. The van der Waals surface area contributed by atoms with Gasteiger partial charge in [-0.05, 0) is 54.6 Å². The minimum absolute atomic E-state index is 0.171. The predicted molar refractivity (Wildman–Crippen MR) is 146 cm³/mol. The number of nitrogens with zero attached hydrogens (tertiary/aromatic N) is 5. The van der Waals surface area contributed by atoms with Crippen molar-refractivity contribution in [1.82, 2.24) is 14.8 Å². The van der Waals surface area contributed by atoms with E-state index in [2.05, 4.69) is 44.1 Å². The molecule has 0 amide bonds. The van der Waals surface area contributed by atoms with Gasteiger partial charge in [0, 0.05) is 48.8 Å². The van der Waals surface area contributed by atoms with E-state index in [0.717, 1.165) is 43.3 Å². The maximum absolute atomic E-state index is 14.8. The van der Waals surface area contributed by atoms with Crippen molar-refractivity contribution in [3.05, 3.63) is 96.8 Å². The van der Waals surface area contributed by atoms with Gasteiger partial charge in [-0.1, -0.05) is 18.2 Å². The van der Waals surface area contributed by atoms with Crippen LogP contribution >= 0.6 is 0 Å². The number of aromatic nitrogens is 3. The average molecular weight is 531 g/mol. The molecule has 4 aromatic rings. The quantitative estimate of drug-likeness (QED) is 0.345. The first-order chi connectivity index (χ1) is 19.1. The van der Waals surface area contributed by atoms with Crippen molar-refractivity contribution in [3.8, 4) is 5.75 Å². The molecule has 9 nitrogen and oxygen atoms in total. The second-order valence-corrected chi connectivity index (χ2v) is 9.75. The number of hydrogen-bond donors (Lipinski definition) is 1. The van der Waals surface area contributed by atoms with Crippen LogP contribution in [-0.2, 0) is 21.8 Å². The molecule has 3 aromatic carbocycles. The van der Waals surface area contributed by atoms with Crippen molar-refractivity contribution in [3.63, 3.8) is 0 Å². The van der Waals surface area contributed by atoms with Crippen LogP contribution in [0.25, 0.3) is 0 Å². The van der Waals surface area contributed by atoms with E-state index in [0.29, 0.717) is 5.56 Å². The largest absolute Gasteiger partial charge is 0.491 e. The van der Waals surface area contributed by atoms with Crippen LogP contribution in [-0.4, -0.2) is 60.3 Å². The van der Waals surface area contributed by atoms with Crippen LogP contribution in [0.4, 0.5) is 21.5 Å². The standard InChI is InChI=1S/C29H31FN6O3/c30-28-4-2-1-3-27(28)29(19-36-21-32-20-33-36)38-18-26(39-29)17-37-25-11-9-24(10-12-25)35-15-13-34(14-16-35)23-7-5-22(31)6-8-23/h1-12,20-21,26H,13-19,31H2. The molecule has 39 heavy (non-hydrogen) atoms. The Hall–Kier alpha value is -4.15. The molecule has 2 fully saturated rings. The van der Waals surface area contributed by atoms with Crippen LogP contribution in [0.2, 0.25) is 0 Å². The van der Waals surface area contributed by atoms with E-state index in [-0.39, 0.29) is 25.9 Å². The molecule has 0 saturated carbocycles. The summed E-state index contributed by atoms with van der Waals surface area (Å²) in [4.78, 5) is 8.73. The molecule has 6 rings (SSSR count). The molecule has 202 valence electrons. The third-order valence-corrected chi connectivity index (χ3v) is 7.16. The number of hydrogen-bond acceptors (Lipinski definition) is 8. The van der Waals surface area contributed by atoms with E-state index in [1.807, 2.05) is 24.3 Å². The van der Waals surface area contributed by atoms with Gasteiger partial charge in [-0.2, -0.15) is 5.10 Å². The number of piperazine rings is 1. The SMILES string of the molecule is Nc1ccc(N2CCN(c3ccc(OCC4COC(Cn5cncn5)(c5ccccc5F)O4)cc3)CC2)cc1. The minimum Gasteiger partial charge on any atom is -0.491 e. The molecule has 2 aliphatic heterocycles. The van der Waals surface area contributed by atoms with Crippen molar-refractivity contribution >= 4 is 17.1 Å². The Morgan fingerprint density at radius 1 is 0.923 bits per heavy atom. The third kappa shape index (κ3) is 5.52. The molecule has 2 aliphatic rings. The number of nitrogens with two attached hydrogens (primary N) is 1. The van der Waals surface area contributed by atoms with E-state index in [4.69, 9.17) is 19.9 Å². The summed E-state index contributed by atoms with van der Waals surface area (Å²) in [5.74, 6) is -0.975. The van der Waals surface area contributed by atoms with E-state index in [9.17, 15) is 4.39 Å². The summed E-state index contributed by atoms with van der Waals surface area (Å²) in [5.41, 5.74) is 9.28. The molecule has 0 radical (unpaired) electrons. The molecule has 0 aliphatic carbocycles. The second kappa shape index (κ2) is 10.9. The first kappa shape index (κ1) is 25.1. The van der Waals surface area contributed by atoms with Gasteiger partial charge in [-0.3, -0.25) is 0 Å². The fraction of sp³-hybridized carbons (Fsp3) is 0.310. The van der Waals surface area contributed by atoms with Gasteiger partial charge in [0.05, 0.1) is 6.61 Å². The van der Waals surface area contributed by atoms with E-state index >= 15 is 0 Å². The van der Waals surface area contributed by atoms with E-state index < -0.39 is 11.6 Å². The van der Waals surface area contributed by atoms with Gasteiger partial charge in [0.15, 0.2) is 0 Å². The van der Waals surface area contributed by atoms with Crippen molar-refractivity contribution in [1.29, 1.82) is 0 Å². The molecule has 2 saturated heterocycles. The van der Waals surface area contributed by atoms with Crippen LogP contribution in [0.15, 0.2) is 85.5 Å². The lowest BCUT2D eigenvalue weighted by molar-refractivity contribution is -0.192. The van der Waals surface area contributed by atoms with Crippen LogP contribution < -0.4 is 20.3 Å². The Bertz CT molecular complexity index is 1360. The lowest BCUT2D eigenvalue weighted by Crippen LogP contribution is -2.46. The number of halogens is 1. The molecule has 3 heterocycles. The zero-order chi connectivity index (χ0) is 26.7. The van der Waals surface area contributed by atoms with Crippen molar-refractivity contribution < 1.29 is 18.6 Å². The number of ether oxygens (including phenoxy) is 3. The Morgan fingerprint density at radius 2 is 1.59 bits per heavy atom. The lowest BCUT2D eigenvalue weighted by Gasteiger charge is -2.37. The second-order valence-electron chi connectivity index (χ2n) is 9.75. The molecule has 2 atom stereocenters. The Labute approximate surface area is 226 Å². The summed E-state index contributed by atoms with van der Waals surface area (Å²) in [6, 6.07) is 22.6. The van der Waals surface area contributed by atoms with E-state index in [1.54, 1.807) is 29.2 Å². The smallest absolute Gasteiger partial charge is 0.218 e. The summed E-state index contributed by atoms with van der Waals surface area (Å²) in [6.45, 7) is 4.46. The molecule has 2 N–H and O–H groups in total. The normalized spacial score (nSPS) is 21.3. The van der Waals surface area contributed by atoms with Crippen LogP contribution in [0.5, 0.6) is 5.75 Å². The Kier molecular flexibility index (Phi) is 7.04. The Morgan fingerprint density at radius 3 is 2.23 bits per heavy atom. The minimum atomic E-state index is -1.31. The average Bonchev–Trinajstić information content (AvgIpc) is 3.64. The number of nitrogen functional groups attached to an aromatic ring is 1. The van der Waals surface area contributed by atoms with Gasteiger partial charge in [-0.15, -0.1) is 0 Å². The van der Waals surface area contributed by atoms with Gasteiger partial charge in [0.1, 0.15) is 43.5 Å². The van der Waals surface area contributed by atoms with Crippen molar-refractivity contribution in [2.75, 3.05) is 54.9 Å². The van der Waals surface area contributed by atoms with Gasteiger partial charge in [-0.25, -0.2) is 14.1 Å². The summed E-state index contributed by atoms with van der Waals surface area (Å²) < 4.78 is 34.7. The summed E-state index contributed by atoms with van der Waals surface area (Å²) in [7, 11) is 0. The monoisotopic (exact) mass is 530 g/mol. The van der Waals surface area contributed by atoms with Crippen LogP contribution in [0, 0.1) is 5.82 Å². The highest BCUT2D eigenvalue weighted by Gasteiger charge is 2.46. The first-order valence-electron chi connectivity index (χ1n) is 13.1. The maximum atomic E-state index is 14.8. The maximum Gasteiger partial charge on any atom is 0.218 e. The molecular formula is C29H31FN6O3. The highest BCUT2D eigenvalue weighted by Crippen LogP contribution is 2.37. The van der Waals surface area contributed by atoms with E-state index in [1.165, 1.54) is 18.1 Å². The number of anilines is 3. The number of rotatable bonds is 8.